The number of hydrogen-bond acceptors (Lipinski definition) is 6. The summed E-state index contributed by atoms with van der Waals surface area (Å²) in [7, 11) is 0. The lowest BCUT2D eigenvalue weighted by atomic mass is 10.1. The topological polar surface area (TPSA) is 140 Å². The van der Waals surface area contributed by atoms with E-state index < -0.39 is 23.4 Å². The van der Waals surface area contributed by atoms with Gasteiger partial charge in [0.25, 0.3) is 11.8 Å². The van der Waals surface area contributed by atoms with Crippen LogP contribution in [0.5, 0.6) is 0 Å². The van der Waals surface area contributed by atoms with Crippen molar-refractivity contribution in [2.75, 3.05) is 5.32 Å². The Morgan fingerprint density at radius 3 is 2.56 bits per heavy atom. The maximum Gasteiger partial charge on any atom is 0.267 e. The van der Waals surface area contributed by atoms with Crippen LogP contribution in [0.4, 0.5) is 14.5 Å². The lowest BCUT2D eigenvalue weighted by Crippen LogP contribution is -2.18. The normalized spacial score (nSPS) is 10.8. The van der Waals surface area contributed by atoms with Crippen LogP contribution >= 0.6 is 0 Å². The number of benzene rings is 1. The van der Waals surface area contributed by atoms with Gasteiger partial charge in [-0.2, -0.15) is 10.4 Å². The van der Waals surface area contributed by atoms with Gasteiger partial charge in [-0.05, 0) is 38.1 Å². The number of nitrogens with two attached hydrogens (primary N) is 1. The predicted octanol–water partition coefficient (Wildman–Crippen LogP) is 2.99. The maximum atomic E-state index is 13.9. The van der Waals surface area contributed by atoms with Crippen molar-refractivity contribution in [2.45, 2.75) is 20.4 Å². The van der Waals surface area contributed by atoms with Gasteiger partial charge in [-0.3, -0.25) is 19.3 Å². The molecule has 34 heavy (non-hydrogen) atoms. The number of anilines is 1. The molecule has 0 spiro atoms. The van der Waals surface area contributed by atoms with Crippen LogP contribution in [-0.2, 0) is 6.54 Å². The molecule has 3 heterocycles. The van der Waals surface area contributed by atoms with Crippen LogP contribution in [0.25, 0.3) is 10.9 Å². The number of halogens is 2. The van der Waals surface area contributed by atoms with E-state index in [0.29, 0.717) is 34.9 Å². The average Bonchev–Trinajstić information content (AvgIpc) is 3.06. The van der Waals surface area contributed by atoms with E-state index in [1.165, 1.54) is 6.20 Å². The zero-order valence-electron chi connectivity index (χ0n) is 18.1. The van der Waals surface area contributed by atoms with Crippen LogP contribution in [0.2, 0.25) is 0 Å². The van der Waals surface area contributed by atoms with Crippen LogP contribution in [0.15, 0.2) is 36.5 Å². The number of pyridine rings is 2. The highest BCUT2D eigenvalue weighted by molar-refractivity contribution is 6.14. The summed E-state index contributed by atoms with van der Waals surface area (Å²) in [5.74, 6) is -3.93. The molecule has 0 saturated carbocycles. The molecule has 3 N–H and O–H groups in total. The van der Waals surface area contributed by atoms with E-state index >= 15 is 0 Å². The standard InChI is InChI=1S/C23H17F2N7O2/c1-11-21(12(2)32(31-11)10-14-4-3-13(8-26)9-28-14)30-23(34)16-6-20(22(27)33)29-19-7-18(25)17(24)5-15(16)19/h3-7,9H,10H2,1-2H3,(H2,27,33)(H,30,34). The Morgan fingerprint density at radius 1 is 1.18 bits per heavy atom. The van der Waals surface area contributed by atoms with Crippen molar-refractivity contribution in [3.05, 3.63) is 82.1 Å². The van der Waals surface area contributed by atoms with Gasteiger partial charge in [0.2, 0.25) is 0 Å². The van der Waals surface area contributed by atoms with Crippen molar-refractivity contribution in [1.29, 1.82) is 5.26 Å². The molecule has 0 atom stereocenters. The number of carbonyl (C=O) groups is 2. The van der Waals surface area contributed by atoms with Gasteiger partial charge in [0.1, 0.15) is 11.8 Å². The van der Waals surface area contributed by atoms with Gasteiger partial charge < -0.3 is 11.1 Å². The average molecular weight is 461 g/mol. The zero-order valence-corrected chi connectivity index (χ0v) is 18.1. The third-order valence-corrected chi connectivity index (χ3v) is 5.23. The lowest BCUT2D eigenvalue weighted by Gasteiger charge is -2.11. The molecule has 170 valence electrons. The predicted molar refractivity (Wildman–Crippen MR) is 118 cm³/mol. The SMILES string of the molecule is Cc1nn(Cc2ccc(C#N)cn2)c(C)c1NC(=O)c1cc(C(N)=O)nc2cc(F)c(F)cc12. The molecule has 0 radical (unpaired) electrons. The molecule has 0 saturated heterocycles. The largest absolute Gasteiger partial charge is 0.364 e. The Kier molecular flexibility index (Phi) is 5.73. The highest BCUT2D eigenvalue weighted by atomic mass is 19.2. The molecule has 4 aromatic rings. The summed E-state index contributed by atoms with van der Waals surface area (Å²) in [5, 5.41) is 16.1. The van der Waals surface area contributed by atoms with E-state index in [9.17, 15) is 18.4 Å². The highest BCUT2D eigenvalue weighted by Gasteiger charge is 2.21. The van der Waals surface area contributed by atoms with Crippen molar-refractivity contribution >= 4 is 28.4 Å². The van der Waals surface area contributed by atoms with Gasteiger partial charge in [-0.1, -0.05) is 0 Å². The zero-order chi connectivity index (χ0) is 24.6. The number of aryl methyl sites for hydroxylation is 1. The van der Waals surface area contributed by atoms with Gasteiger partial charge in [0, 0.05) is 17.6 Å². The minimum absolute atomic E-state index is 0.0193. The fourth-order valence-corrected chi connectivity index (χ4v) is 3.49. The van der Waals surface area contributed by atoms with Crippen molar-refractivity contribution < 1.29 is 18.4 Å². The Hall–Kier alpha value is -4.72. The van der Waals surface area contributed by atoms with Crippen LogP contribution in [0.1, 0.15) is 43.5 Å². The first kappa shape index (κ1) is 22.5. The Morgan fingerprint density at radius 2 is 1.91 bits per heavy atom. The van der Waals surface area contributed by atoms with E-state index in [-0.39, 0.29) is 22.2 Å². The van der Waals surface area contributed by atoms with Crippen molar-refractivity contribution in [3.63, 3.8) is 0 Å². The number of aromatic nitrogens is 4. The fraction of sp³-hybridized carbons (Fsp3) is 0.130. The fourth-order valence-electron chi connectivity index (χ4n) is 3.49. The molecule has 3 aromatic heterocycles. The second kappa shape index (κ2) is 8.67. The number of nitrogens with one attached hydrogen (secondary N) is 1. The summed E-state index contributed by atoms with van der Waals surface area (Å²) in [6.45, 7) is 3.73. The second-order valence-electron chi connectivity index (χ2n) is 7.51. The van der Waals surface area contributed by atoms with Crippen molar-refractivity contribution in [2.24, 2.45) is 5.73 Å². The molecule has 9 nitrogen and oxygen atoms in total. The van der Waals surface area contributed by atoms with E-state index in [2.05, 4.69) is 20.4 Å². The summed E-state index contributed by atoms with van der Waals surface area (Å²) in [4.78, 5) is 33.0. The van der Waals surface area contributed by atoms with E-state index in [4.69, 9.17) is 11.0 Å². The van der Waals surface area contributed by atoms with Gasteiger partial charge in [0.05, 0.1) is 46.0 Å². The number of amides is 2. The highest BCUT2D eigenvalue weighted by Crippen LogP contribution is 2.25. The molecule has 0 bridgehead atoms. The van der Waals surface area contributed by atoms with Crippen molar-refractivity contribution in [1.82, 2.24) is 19.7 Å². The van der Waals surface area contributed by atoms with Crippen LogP contribution in [-0.4, -0.2) is 31.6 Å². The number of carbonyl (C=O) groups excluding carboxylic acids is 2. The minimum Gasteiger partial charge on any atom is -0.364 e. The number of hydrogen-bond donors (Lipinski definition) is 2. The molecule has 2 amide bonds. The number of primary amides is 1. The van der Waals surface area contributed by atoms with Gasteiger partial charge >= 0.3 is 0 Å². The third-order valence-electron chi connectivity index (χ3n) is 5.23. The van der Waals surface area contributed by atoms with E-state index in [0.717, 1.165) is 18.2 Å². The summed E-state index contributed by atoms with van der Waals surface area (Å²) >= 11 is 0. The molecular weight excluding hydrogens is 444 g/mol. The molecule has 0 aliphatic rings. The van der Waals surface area contributed by atoms with E-state index in [1.54, 1.807) is 30.7 Å². The Bertz CT molecular complexity index is 1510. The molecule has 1 aromatic carbocycles. The first-order chi connectivity index (χ1) is 16.2. The first-order valence-electron chi connectivity index (χ1n) is 9.98. The summed E-state index contributed by atoms with van der Waals surface area (Å²) in [5.41, 5.74) is 7.47. The van der Waals surface area contributed by atoms with Gasteiger partial charge in [-0.25, -0.2) is 13.8 Å². The van der Waals surface area contributed by atoms with Gasteiger partial charge in [-0.15, -0.1) is 0 Å². The second-order valence-corrected chi connectivity index (χ2v) is 7.51. The minimum atomic E-state index is -1.17. The number of rotatable bonds is 5. The van der Waals surface area contributed by atoms with Gasteiger partial charge in [0.15, 0.2) is 11.6 Å². The third kappa shape index (κ3) is 4.16. The van der Waals surface area contributed by atoms with E-state index in [1.807, 2.05) is 6.07 Å². The summed E-state index contributed by atoms with van der Waals surface area (Å²) < 4.78 is 29.3. The Balaban J connectivity index is 1.69. The monoisotopic (exact) mass is 461 g/mol. The van der Waals surface area contributed by atoms with Crippen molar-refractivity contribution in [3.8, 4) is 6.07 Å². The smallest absolute Gasteiger partial charge is 0.267 e. The summed E-state index contributed by atoms with van der Waals surface area (Å²) in [6, 6.07) is 8.12. The number of fused-ring (bicyclic) bond motifs is 1. The van der Waals surface area contributed by atoms with Crippen LogP contribution < -0.4 is 11.1 Å². The number of nitrogens with zero attached hydrogens (tertiary/aromatic N) is 5. The number of nitriles is 1. The maximum absolute atomic E-state index is 13.9. The molecule has 11 heteroatoms. The quantitative estimate of drug-likeness (QED) is 0.468. The van der Waals surface area contributed by atoms with Crippen LogP contribution in [0.3, 0.4) is 0 Å². The molecule has 0 aliphatic carbocycles. The molecular formula is C23H17F2N7O2. The summed E-state index contributed by atoms with van der Waals surface area (Å²) in [6.07, 6.45) is 1.45. The van der Waals surface area contributed by atoms with Crippen LogP contribution in [0, 0.1) is 36.8 Å². The molecule has 0 unspecified atom stereocenters. The molecule has 0 fully saturated rings. The molecule has 0 aliphatic heterocycles. The molecule has 4 rings (SSSR count). The lowest BCUT2D eigenvalue weighted by molar-refractivity contribution is 0.0996. The Labute approximate surface area is 191 Å². The first-order valence-corrected chi connectivity index (χ1v) is 9.98.